The molecule has 0 aromatic heterocycles. The molecule has 4 aliphatic rings. The molecule has 3 saturated carbocycles. The lowest BCUT2D eigenvalue weighted by atomic mass is 9.80. The summed E-state index contributed by atoms with van der Waals surface area (Å²) in [6.45, 7) is 27.6. The van der Waals surface area contributed by atoms with Gasteiger partial charge in [0.05, 0.1) is 11.5 Å². The van der Waals surface area contributed by atoms with Crippen LogP contribution in [0.15, 0.2) is 103 Å². The van der Waals surface area contributed by atoms with Crippen LogP contribution < -0.4 is 4.74 Å². The average Bonchev–Trinajstić information content (AvgIpc) is 4.10. The maximum Gasteiger partial charge on any atom is 0.312 e. The molecular formula is C60H86O5. The van der Waals surface area contributed by atoms with Crippen LogP contribution in [0.2, 0.25) is 0 Å². The second-order valence-electron chi connectivity index (χ2n) is 21.5. The smallest absolute Gasteiger partial charge is 0.312 e. The van der Waals surface area contributed by atoms with Crippen molar-refractivity contribution in [2.45, 2.75) is 184 Å². The lowest BCUT2D eigenvalue weighted by molar-refractivity contribution is -0.168. The van der Waals surface area contributed by atoms with Crippen LogP contribution in [0.5, 0.6) is 11.5 Å². The summed E-state index contributed by atoms with van der Waals surface area (Å²) in [7, 11) is 0. The zero-order valence-electron chi connectivity index (χ0n) is 42.6. The highest BCUT2D eigenvalue weighted by Crippen LogP contribution is 2.59. The monoisotopic (exact) mass is 887 g/mol. The van der Waals surface area contributed by atoms with E-state index in [1.165, 1.54) is 56.1 Å². The van der Waals surface area contributed by atoms with Crippen LogP contribution in [-0.2, 0) is 26.3 Å². The number of esters is 1. The van der Waals surface area contributed by atoms with Crippen LogP contribution in [0.25, 0.3) is 0 Å². The molecule has 0 radical (unpaired) electrons. The van der Waals surface area contributed by atoms with Crippen molar-refractivity contribution in [3.63, 3.8) is 0 Å². The minimum Gasteiger partial charge on any atom is -0.508 e. The standard InChI is InChI=1S/C24H36O2.C15H22O2.C11H14.C10H14O/c1-5-16(4)17-9-11-19(12-10-17)25-24(15(2)3)26-23-14-18-13-22(23)21-8-6-7-20(18)21;1-6-14(2,3)13(16)17-15(4,5)12-10-8-7-9-11-12;1-8-7-10-5-3-4-6-11(10)9(8)2;1-3-8(2)9-4-6-10(11)7-5-9/h9-12,15-16,18,20-24H,5-8,13-14H2,1-4H3;7-11H,6H2,1-5H3;3-6,8-9H,7H2,1-2H3;4-8,11H,3H2,1-2H3. The van der Waals surface area contributed by atoms with Crippen molar-refractivity contribution in [2.75, 3.05) is 0 Å². The van der Waals surface area contributed by atoms with Crippen LogP contribution in [0.4, 0.5) is 0 Å². The van der Waals surface area contributed by atoms with Gasteiger partial charge in [0.15, 0.2) is 0 Å². The zero-order valence-corrected chi connectivity index (χ0v) is 42.6. The summed E-state index contributed by atoms with van der Waals surface area (Å²) in [6.07, 6.45) is 11.7. The molecule has 0 heterocycles. The van der Waals surface area contributed by atoms with E-state index in [0.29, 0.717) is 29.6 Å². The van der Waals surface area contributed by atoms with Gasteiger partial charge in [0, 0.05) is 5.92 Å². The first-order chi connectivity index (χ1) is 30.9. The van der Waals surface area contributed by atoms with E-state index in [0.717, 1.165) is 59.7 Å². The Kier molecular flexibility index (Phi) is 18.8. The Hall–Kier alpha value is -4.09. The van der Waals surface area contributed by atoms with Crippen LogP contribution in [0.3, 0.4) is 0 Å². The molecule has 3 fully saturated rings. The fraction of sp³-hybridized carbons (Fsp3) is 0.583. The summed E-state index contributed by atoms with van der Waals surface area (Å²) in [5.41, 5.74) is 5.83. The third-order valence-corrected chi connectivity index (χ3v) is 15.8. The van der Waals surface area contributed by atoms with E-state index in [2.05, 4.69) is 104 Å². The molecule has 356 valence electrons. The number of rotatable bonds is 13. The second-order valence-corrected chi connectivity index (χ2v) is 21.5. The number of aromatic hydroxyl groups is 1. The topological polar surface area (TPSA) is 65.0 Å². The molecule has 8 rings (SSSR count). The van der Waals surface area contributed by atoms with E-state index >= 15 is 0 Å². The normalized spacial score (nSPS) is 24.2. The van der Waals surface area contributed by atoms with Crippen LogP contribution in [0.1, 0.15) is 187 Å². The molecule has 1 N–H and O–H groups in total. The van der Waals surface area contributed by atoms with E-state index in [1.807, 2.05) is 77.1 Å². The lowest BCUT2D eigenvalue weighted by Crippen LogP contribution is -2.37. The Balaban J connectivity index is 0.000000175. The van der Waals surface area contributed by atoms with Crippen molar-refractivity contribution < 1.29 is 24.1 Å². The first-order valence-electron chi connectivity index (χ1n) is 25.5. The fourth-order valence-corrected chi connectivity index (χ4v) is 10.3. The van der Waals surface area contributed by atoms with Crippen LogP contribution >= 0.6 is 0 Å². The molecule has 0 spiro atoms. The van der Waals surface area contributed by atoms with Gasteiger partial charge < -0.3 is 19.3 Å². The van der Waals surface area contributed by atoms with Crippen molar-refractivity contribution in [2.24, 2.45) is 40.9 Å². The molecular weight excluding hydrogens is 801 g/mol. The molecule has 5 nitrogen and oxygen atoms in total. The highest BCUT2D eigenvalue weighted by molar-refractivity contribution is 5.76. The van der Waals surface area contributed by atoms with Gasteiger partial charge in [-0.25, -0.2) is 0 Å². The number of hydrogen-bond donors (Lipinski definition) is 1. The molecule has 2 bridgehead atoms. The summed E-state index contributed by atoms with van der Waals surface area (Å²) < 4.78 is 18.5. The molecule has 5 heteroatoms. The summed E-state index contributed by atoms with van der Waals surface area (Å²) >= 11 is 0. The first-order valence-corrected chi connectivity index (χ1v) is 25.5. The number of ether oxygens (including phenoxy) is 3. The van der Waals surface area contributed by atoms with Gasteiger partial charge >= 0.3 is 5.97 Å². The van der Waals surface area contributed by atoms with E-state index in [-0.39, 0.29) is 12.3 Å². The number of carbonyl (C=O) groups excluding carboxylic acids is 1. The van der Waals surface area contributed by atoms with Gasteiger partial charge in [-0.3, -0.25) is 4.79 Å². The molecule has 10 atom stereocenters. The quantitative estimate of drug-likeness (QED) is 0.107. The van der Waals surface area contributed by atoms with Gasteiger partial charge in [0.2, 0.25) is 6.29 Å². The van der Waals surface area contributed by atoms with Gasteiger partial charge in [-0.15, -0.1) is 0 Å². The van der Waals surface area contributed by atoms with Gasteiger partial charge in [0.25, 0.3) is 0 Å². The molecule has 4 aromatic carbocycles. The van der Waals surface area contributed by atoms with Crippen molar-refractivity contribution in [1.29, 1.82) is 0 Å². The van der Waals surface area contributed by atoms with E-state index in [4.69, 9.17) is 19.3 Å². The van der Waals surface area contributed by atoms with Gasteiger partial charge in [-0.1, -0.05) is 148 Å². The predicted octanol–water partition coefficient (Wildman–Crippen LogP) is 16.2. The first kappa shape index (κ1) is 51.9. The van der Waals surface area contributed by atoms with E-state index in [9.17, 15) is 4.79 Å². The van der Waals surface area contributed by atoms with Crippen molar-refractivity contribution >= 4 is 5.97 Å². The molecule has 4 aliphatic carbocycles. The minimum absolute atomic E-state index is 0.131. The molecule has 65 heavy (non-hydrogen) atoms. The molecule has 0 saturated heterocycles. The van der Waals surface area contributed by atoms with E-state index < -0.39 is 11.0 Å². The summed E-state index contributed by atoms with van der Waals surface area (Å²) in [4.78, 5) is 12.1. The fourth-order valence-electron chi connectivity index (χ4n) is 10.3. The van der Waals surface area contributed by atoms with Crippen LogP contribution in [0, 0.1) is 40.9 Å². The lowest BCUT2D eigenvalue weighted by Gasteiger charge is -2.35. The van der Waals surface area contributed by atoms with Crippen molar-refractivity contribution in [3.05, 3.63) is 131 Å². The largest absolute Gasteiger partial charge is 0.508 e. The van der Waals surface area contributed by atoms with Crippen molar-refractivity contribution in [3.8, 4) is 11.5 Å². The maximum atomic E-state index is 12.1. The SMILES string of the molecule is CC1Cc2ccccc2C1C.CCC(C)(C)C(=O)OC(C)(C)c1ccccc1.CCC(C)c1ccc(O)cc1.CCC(C)c1ccc(OC(OC2CC3CC2C2CCCC32)C(C)C)cc1. The number of benzene rings is 4. The number of hydrogen-bond acceptors (Lipinski definition) is 5. The van der Waals surface area contributed by atoms with Gasteiger partial charge in [-0.05, 0) is 178 Å². The van der Waals surface area contributed by atoms with Gasteiger partial charge in [-0.2, -0.15) is 0 Å². The number of phenols is 1. The maximum absolute atomic E-state index is 12.1. The minimum atomic E-state index is -0.579. The highest BCUT2D eigenvalue weighted by atomic mass is 16.7. The number of phenolic OH excluding ortho intramolecular Hbond substituents is 1. The Labute approximate surface area is 395 Å². The number of carbonyl (C=O) groups is 1. The summed E-state index contributed by atoms with van der Waals surface area (Å²) in [5, 5.41) is 9.01. The average molecular weight is 887 g/mol. The van der Waals surface area contributed by atoms with Crippen LogP contribution in [-0.4, -0.2) is 23.5 Å². The molecule has 0 amide bonds. The summed E-state index contributed by atoms with van der Waals surface area (Å²) in [6, 6.07) is 34.7. The van der Waals surface area contributed by atoms with Crippen molar-refractivity contribution in [1.82, 2.24) is 0 Å². The Morgan fingerprint density at radius 1 is 0.708 bits per heavy atom. The Morgan fingerprint density at radius 2 is 1.28 bits per heavy atom. The number of fused-ring (bicyclic) bond motifs is 6. The third kappa shape index (κ3) is 13.7. The Bertz CT molecular complexity index is 2020. The third-order valence-electron chi connectivity index (χ3n) is 15.8. The summed E-state index contributed by atoms with van der Waals surface area (Å²) in [5.74, 6) is 8.01. The Morgan fingerprint density at radius 3 is 1.85 bits per heavy atom. The highest BCUT2D eigenvalue weighted by Gasteiger charge is 2.55. The zero-order chi connectivity index (χ0) is 47.5. The predicted molar refractivity (Wildman–Crippen MR) is 270 cm³/mol. The molecule has 4 aromatic rings. The molecule has 0 aliphatic heterocycles. The van der Waals surface area contributed by atoms with E-state index in [1.54, 1.807) is 23.3 Å². The second kappa shape index (κ2) is 23.6. The van der Waals surface area contributed by atoms with Gasteiger partial charge in [0.1, 0.15) is 17.1 Å². The molecule has 10 unspecified atom stereocenters.